The van der Waals surface area contributed by atoms with Crippen LogP contribution in [0, 0.1) is 11.7 Å². The normalized spacial score (nSPS) is 22.0. The number of ether oxygens (including phenoxy) is 1. The van der Waals surface area contributed by atoms with E-state index in [1.165, 1.54) is 25.3 Å². The van der Waals surface area contributed by atoms with Crippen molar-refractivity contribution in [3.8, 4) is 0 Å². The molecular weight excluding hydrogens is 451 g/mol. The summed E-state index contributed by atoms with van der Waals surface area (Å²) < 4.78 is 19.9. The summed E-state index contributed by atoms with van der Waals surface area (Å²) in [6, 6.07) is 15.3. The van der Waals surface area contributed by atoms with Crippen LogP contribution in [0.4, 0.5) is 4.39 Å². The van der Waals surface area contributed by atoms with Crippen LogP contribution in [0.2, 0.25) is 0 Å². The molecule has 35 heavy (non-hydrogen) atoms. The van der Waals surface area contributed by atoms with Gasteiger partial charge in [0.05, 0.1) is 24.7 Å². The Morgan fingerprint density at radius 3 is 2.43 bits per heavy atom. The average molecular weight is 483 g/mol. The highest BCUT2D eigenvalue weighted by molar-refractivity contribution is 6.10. The van der Waals surface area contributed by atoms with Gasteiger partial charge in [0.1, 0.15) is 5.82 Å². The standard InChI is InChI=1S/C27H31FN2O5/c1-35-16-15-30-24(32)18-27(26(30)34,21-9-5-6-10-22(21)28)17-23(31)29-13-11-20(12-14-29)25(33)19-7-3-2-4-8-19/h2-10,20,25,33H,11-18H2,1H3/t25-,27-/m1/s1. The Bertz CT molecular complexity index is 1070. The topological polar surface area (TPSA) is 87.2 Å². The third kappa shape index (κ3) is 4.99. The molecule has 0 radical (unpaired) electrons. The zero-order valence-electron chi connectivity index (χ0n) is 19.9. The summed E-state index contributed by atoms with van der Waals surface area (Å²) in [6.07, 6.45) is 0.0729. The van der Waals surface area contributed by atoms with Crippen molar-refractivity contribution in [3.05, 3.63) is 71.5 Å². The fraction of sp³-hybridized carbons (Fsp3) is 0.444. The number of rotatable bonds is 8. The fourth-order valence-corrected chi connectivity index (χ4v) is 5.26. The highest BCUT2D eigenvalue weighted by Crippen LogP contribution is 2.42. The second-order valence-electron chi connectivity index (χ2n) is 9.33. The molecule has 2 fully saturated rings. The van der Waals surface area contributed by atoms with Gasteiger partial charge in [-0.05, 0) is 30.4 Å². The maximum Gasteiger partial charge on any atom is 0.241 e. The highest BCUT2D eigenvalue weighted by Gasteiger charge is 2.55. The number of hydrogen-bond donors (Lipinski definition) is 1. The van der Waals surface area contributed by atoms with E-state index in [9.17, 15) is 23.9 Å². The molecule has 1 N–H and O–H groups in total. The van der Waals surface area contributed by atoms with Crippen LogP contribution < -0.4 is 0 Å². The van der Waals surface area contributed by atoms with Crippen LogP contribution in [0.25, 0.3) is 0 Å². The zero-order chi connectivity index (χ0) is 25.0. The molecule has 0 unspecified atom stereocenters. The summed E-state index contributed by atoms with van der Waals surface area (Å²) in [4.78, 5) is 42.4. The summed E-state index contributed by atoms with van der Waals surface area (Å²) in [6.45, 7) is 1.07. The first-order chi connectivity index (χ1) is 16.9. The smallest absolute Gasteiger partial charge is 0.241 e. The van der Waals surface area contributed by atoms with Gasteiger partial charge in [-0.3, -0.25) is 19.3 Å². The van der Waals surface area contributed by atoms with Crippen LogP contribution in [-0.2, 0) is 24.5 Å². The molecule has 0 bridgehead atoms. The minimum atomic E-state index is -1.58. The van der Waals surface area contributed by atoms with E-state index < -0.39 is 29.2 Å². The molecular formula is C27H31FN2O5. The monoisotopic (exact) mass is 482 g/mol. The van der Waals surface area contributed by atoms with Crippen molar-refractivity contribution in [2.75, 3.05) is 33.4 Å². The minimum absolute atomic E-state index is 0.0150. The van der Waals surface area contributed by atoms with Crippen molar-refractivity contribution < 1.29 is 28.6 Å². The minimum Gasteiger partial charge on any atom is -0.388 e. The van der Waals surface area contributed by atoms with E-state index in [-0.39, 0.29) is 43.4 Å². The molecule has 2 aromatic carbocycles. The number of piperidine rings is 1. The number of likely N-dealkylation sites (tertiary alicyclic amines) is 2. The second kappa shape index (κ2) is 10.7. The van der Waals surface area contributed by atoms with Crippen LogP contribution in [0.15, 0.2) is 54.6 Å². The van der Waals surface area contributed by atoms with E-state index in [0.717, 1.165) is 10.5 Å². The van der Waals surface area contributed by atoms with E-state index in [1.54, 1.807) is 11.0 Å². The Morgan fingerprint density at radius 1 is 1.11 bits per heavy atom. The Hall–Kier alpha value is -3.10. The second-order valence-corrected chi connectivity index (χ2v) is 9.33. The van der Waals surface area contributed by atoms with Crippen molar-refractivity contribution >= 4 is 17.7 Å². The zero-order valence-corrected chi connectivity index (χ0v) is 19.9. The first-order valence-electron chi connectivity index (χ1n) is 12.0. The fourth-order valence-electron chi connectivity index (χ4n) is 5.26. The molecule has 3 amide bonds. The van der Waals surface area contributed by atoms with E-state index in [4.69, 9.17) is 4.74 Å². The van der Waals surface area contributed by atoms with Crippen LogP contribution in [0.1, 0.15) is 42.9 Å². The van der Waals surface area contributed by atoms with Gasteiger partial charge in [0.15, 0.2) is 0 Å². The predicted octanol–water partition coefficient (Wildman–Crippen LogP) is 2.83. The molecule has 0 aliphatic carbocycles. The lowest BCUT2D eigenvalue weighted by atomic mass is 9.75. The quantitative estimate of drug-likeness (QED) is 0.585. The number of hydrogen-bond acceptors (Lipinski definition) is 5. The number of imide groups is 1. The Morgan fingerprint density at radius 2 is 1.77 bits per heavy atom. The lowest BCUT2D eigenvalue weighted by Gasteiger charge is -2.36. The molecule has 2 aliphatic heterocycles. The van der Waals surface area contributed by atoms with Crippen LogP contribution >= 0.6 is 0 Å². The van der Waals surface area contributed by atoms with E-state index in [1.807, 2.05) is 30.3 Å². The first-order valence-corrected chi connectivity index (χ1v) is 12.0. The van der Waals surface area contributed by atoms with Gasteiger partial charge < -0.3 is 14.7 Å². The van der Waals surface area contributed by atoms with Gasteiger partial charge in [-0.2, -0.15) is 0 Å². The first kappa shape index (κ1) is 25.0. The molecule has 7 nitrogen and oxygen atoms in total. The predicted molar refractivity (Wildman–Crippen MR) is 127 cm³/mol. The maximum atomic E-state index is 14.9. The van der Waals surface area contributed by atoms with Crippen molar-refractivity contribution in [3.63, 3.8) is 0 Å². The molecule has 2 atom stereocenters. The molecule has 0 aromatic heterocycles. The van der Waals surface area contributed by atoms with Crippen molar-refractivity contribution in [2.45, 2.75) is 37.2 Å². The number of halogens is 1. The van der Waals surface area contributed by atoms with E-state index in [0.29, 0.717) is 25.9 Å². The van der Waals surface area contributed by atoms with Gasteiger partial charge in [0.2, 0.25) is 17.7 Å². The van der Waals surface area contributed by atoms with E-state index >= 15 is 0 Å². The number of methoxy groups -OCH3 is 1. The summed E-state index contributed by atoms with van der Waals surface area (Å²) in [5.74, 6) is -1.89. The molecule has 186 valence electrons. The molecule has 2 heterocycles. The molecule has 8 heteroatoms. The molecule has 4 rings (SSSR count). The molecule has 0 spiro atoms. The van der Waals surface area contributed by atoms with Gasteiger partial charge in [-0.1, -0.05) is 48.5 Å². The maximum absolute atomic E-state index is 14.9. The summed E-state index contributed by atoms with van der Waals surface area (Å²) >= 11 is 0. The number of aliphatic hydroxyl groups is 1. The summed E-state index contributed by atoms with van der Waals surface area (Å²) in [5, 5.41) is 10.7. The molecule has 2 aromatic rings. The van der Waals surface area contributed by atoms with E-state index in [2.05, 4.69) is 0 Å². The third-order valence-corrected chi connectivity index (χ3v) is 7.25. The number of carbonyl (C=O) groups excluding carboxylic acids is 3. The molecule has 2 aliphatic rings. The summed E-state index contributed by atoms with van der Waals surface area (Å²) in [7, 11) is 1.47. The van der Waals surface area contributed by atoms with Gasteiger partial charge in [-0.25, -0.2) is 4.39 Å². The van der Waals surface area contributed by atoms with Crippen molar-refractivity contribution in [1.82, 2.24) is 9.80 Å². The van der Waals surface area contributed by atoms with Crippen LogP contribution in [0.5, 0.6) is 0 Å². The highest BCUT2D eigenvalue weighted by atomic mass is 19.1. The average Bonchev–Trinajstić information content (AvgIpc) is 3.12. The van der Waals surface area contributed by atoms with Gasteiger partial charge >= 0.3 is 0 Å². The number of carbonyl (C=O) groups is 3. The Balaban J connectivity index is 1.51. The summed E-state index contributed by atoms with van der Waals surface area (Å²) in [5.41, 5.74) is -0.656. The lowest BCUT2D eigenvalue weighted by Crippen LogP contribution is -2.46. The Kier molecular flexibility index (Phi) is 7.62. The number of amides is 3. The van der Waals surface area contributed by atoms with Crippen molar-refractivity contribution in [1.29, 1.82) is 0 Å². The molecule has 2 saturated heterocycles. The largest absolute Gasteiger partial charge is 0.388 e. The van der Waals surface area contributed by atoms with Crippen molar-refractivity contribution in [2.24, 2.45) is 5.92 Å². The number of nitrogens with zero attached hydrogens (tertiary/aromatic N) is 2. The number of aliphatic hydroxyl groups excluding tert-OH is 1. The van der Waals surface area contributed by atoms with Gasteiger partial charge in [0.25, 0.3) is 0 Å². The van der Waals surface area contributed by atoms with Gasteiger partial charge in [0, 0.05) is 38.6 Å². The van der Waals surface area contributed by atoms with Crippen LogP contribution in [-0.4, -0.2) is 66.0 Å². The Labute approximate surface area is 204 Å². The number of benzene rings is 2. The lowest BCUT2D eigenvalue weighted by molar-refractivity contribution is -0.143. The van der Waals surface area contributed by atoms with Crippen LogP contribution in [0.3, 0.4) is 0 Å². The SMILES string of the molecule is COCCN1C(=O)C[C@](CC(=O)N2CCC([C@H](O)c3ccccc3)CC2)(c2ccccc2F)C1=O. The third-order valence-electron chi connectivity index (χ3n) is 7.25. The van der Waals surface area contributed by atoms with Gasteiger partial charge in [-0.15, -0.1) is 0 Å². The molecule has 0 saturated carbocycles.